The molecule has 0 unspecified atom stereocenters. The summed E-state index contributed by atoms with van der Waals surface area (Å²) in [5.74, 6) is -0.218. The molecule has 0 spiro atoms. The molecule has 150 valence electrons. The predicted octanol–water partition coefficient (Wildman–Crippen LogP) is 4.94. The summed E-state index contributed by atoms with van der Waals surface area (Å²) in [5.41, 5.74) is 2.59. The number of carbonyl (C=O) groups is 1. The lowest BCUT2D eigenvalue weighted by Gasteiger charge is -2.45. The minimum atomic E-state index is -0.756. The maximum atomic E-state index is 11.1. The summed E-state index contributed by atoms with van der Waals surface area (Å²) in [6, 6.07) is 17.8. The smallest absolute Gasteiger partial charge is 0.317 e. The van der Waals surface area contributed by atoms with E-state index in [0.717, 1.165) is 13.1 Å². The Labute approximate surface area is 172 Å². The summed E-state index contributed by atoms with van der Waals surface area (Å²) < 4.78 is 0. The average Bonchev–Trinajstić information content (AvgIpc) is 2.65. The van der Waals surface area contributed by atoms with Crippen molar-refractivity contribution in [3.63, 3.8) is 0 Å². The highest BCUT2D eigenvalue weighted by atomic mass is 32.2. The molecule has 1 aliphatic heterocycles. The van der Waals surface area contributed by atoms with Crippen molar-refractivity contribution in [1.82, 2.24) is 4.90 Å². The van der Waals surface area contributed by atoms with E-state index < -0.39 is 5.97 Å². The van der Waals surface area contributed by atoms with Crippen molar-refractivity contribution in [1.29, 1.82) is 0 Å². The zero-order valence-electron chi connectivity index (χ0n) is 17.1. The summed E-state index contributed by atoms with van der Waals surface area (Å²) in [6.07, 6.45) is 0. The molecule has 2 aromatic rings. The van der Waals surface area contributed by atoms with Crippen LogP contribution in [0.25, 0.3) is 0 Å². The first-order chi connectivity index (χ1) is 13.3. The van der Waals surface area contributed by atoms with Crippen molar-refractivity contribution in [2.75, 3.05) is 24.5 Å². The third-order valence-corrected chi connectivity index (χ3v) is 6.48. The van der Waals surface area contributed by atoms with E-state index >= 15 is 0 Å². The monoisotopic (exact) mass is 398 g/mol. The molecular weight excluding hydrogens is 368 g/mol. The zero-order valence-corrected chi connectivity index (χ0v) is 17.9. The molecule has 1 aliphatic rings. The van der Waals surface area contributed by atoms with Crippen LogP contribution >= 0.6 is 11.8 Å². The summed E-state index contributed by atoms with van der Waals surface area (Å²) in [5, 5.41) is 9.16. The fourth-order valence-electron chi connectivity index (χ4n) is 3.76. The normalized spacial score (nSPS) is 20.5. The summed E-state index contributed by atoms with van der Waals surface area (Å²) in [6.45, 7) is 10.4. The molecule has 0 saturated carbocycles. The van der Waals surface area contributed by atoms with Gasteiger partial charge in [-0.05, 0) is 49.6 Å². The highest BCUT2D eigenvalue weighted by Gasteiger charge is 2.31. The van der Waals surface area contributed by atoms with E-state index in [-0.39, 0.29) is 18.6 Å². The molecule has 1 N–H and O–H groups in total. The maximum Gasteiger partial charge on any atom is 0.317 e. The molecule has 1 heterocycles. The first-order valence-electron chi connectivity index (χ1n) is 9.94. The molecule has 3 rings (SSSR count). The van der Waals surface area contributed by atoms with Crippen LogP contribution < -0.4 is 4.90 Å². The number of carboxylic acid groups (broad SMARTS) is 1. The van der Waals surface area contributed by atoms with Gasteiger partial charge in [-0.1, -0.05) is 49.9 Å². The number of para-hydroxylation sites is 1. The molecule has 0 amide bonds. The van der Waals surface area contributed by atoms with Crippen molar-refractivity contribution >= 4 is 23.4 Å². The van der Waals surface area contributed by atoms with Gasteiger partial charge in [0.15, 0.2) is 0 Å². The first-order valence-corrected chi connectivity index (χ1v) is 10.8. The SMILES string of the molecule is CC(C)c1ccc(Sc2ccccc2N2C[C@H](C)N(CC(=O)O)C[C@H]2C)cc1. The van der Waals surface area contributed by atoms with Gasteiger partial charge in [-0.25, -0.2) is 0 Å². The second kappa shape index (κ2) is 9.01. The Bertz CT molecular complexity index is 807. The number of nitrogens with zero attached hydrogens (tertiary/aromatic N) is 2. The van der Waals surface area contributed by atoms with Crippen LogP contribution in [0.5, 0.6) is 0 Å². The van der Waals surface area contributed by atoms with Gasteiger partial charge >= 0.3 is 5.97 Å². The lowest BCUT2D eigenvalue weighted by atomic mass is 10.0. The number of carboxylic acids is 1. The van der Waals surface area contributed by atoms with Crippen molar-refractivity contribution < 1.29 is 9.90 Å². The molecule has 0 aromatic heterocycles. The van der Waals surface area contributed by atoms with Gasteiger partial charge < -0.3 is 10.0 Å². The predicted molar refractivity (Wildman–Crippen MR) is 117 cm³/mol. The average molecular weight is 399 g/mol. The molecule has 0 bridgehead atoms. The van der Waals surface area contributed by atoms with Crippen molar-refractivity contribution in [2.24, 2.45) is 0 Å². The van der Waals surface area contributed by atoms with Gasteiger partial charge in [0.25, 0.3) is 0 Å². The number of benzene rings is 2. The lowest BCUT2D eigenvalue weighted by molar-refractivity contribution is -0.139. The largest absolute Gasteiger partial charge is 0.480 e. The Kier molecular flexibility index (Phi) is 6.68. The number of rotatable bonds is 6. The third kappa shape index (κ3) is 4.89. The van der Waals surface area contributed by atoms with Crippen molar-refractivity contribution in [2.45, 2.75) is 55.5 Å². The summed E-state index contributed by atoms with van der Waals surface area (Å²) in [4.78, 5) is 18.1. The van der Waals surface area contributed by atoms with Crippen LogP contribution in [0.2, 0.25) is 0 Å². The Morgan fingerprint density at radius 1 is 1.07 bits per heavy atom. The van der Waals surface area contributed by atoms with E-state index in [1.54, 1.807) is 11.8 Å². The van der Waals surface area contributed by atoms with Gasteiger partial charge in [0.05, 0.1) is 12.2 Å². The van der Waals surface area contributed by atoms with Gasteiger partial charge in [0.2, 0.25) is 0 Å². The molecule has 0 aliphatic carbocycles. The molecule has 28 heavy (non-hydrogen) atoms. The molecule has 1 fully saturated rings. The van der Waals surface area contributed by atoms with Crippen LogP contribution in [-0.2, 0) is 4.79 Å². The molecule has 0 radical (unpaired) electrons. The Hall–Kier alpha value is -1.98. The van der Waals surface area contributed by atoms with E-state index in [0.29, 0.717) is 5.92 Å². The number of piperazine rings is 1. The fourth-order valence-corrected chi connectivity index (χ4v) is 4.72. The van der Waals surface area contributed by atoms with Gasteiger partial charge in [-0.2, -0.15) is 0 Å². The summed E-state index contributed by atoms with van der Waals surface area (Å²) in [7, 11) is 0. The fraction of sp³-hybridized carbons (Fsp3) is 0.435. The van der Waals surface area contributed by atoms with Gasteiger partial charge in [0.1, 0.15) is 0 Å². The van der Waals surface area contributed by atoms with Crippen LogP contribution in [-0.4, -0.2) is 47.7 Å². The number of aliphatic carboxylic acids is 1. The van der Waals surface area contributed by atoms with Gasteiger partial charge in [-0.3, -0.25) is 9.69 Å². The minimum absolute atomic E-state index is 0.109. The van der Waals surface area contributed by atoms with Crippen LogP contribution in [0.3, 0.4) is 0 Å². The number of hydrogen-bond donors (Lipinski definition) is 1. The standard InChI is InChI=1S/C23H30N2O2S/c1-16(2)19-9-11-20(12-10-19)28-22-8-6-5-7-21(22)25-14-17(3)24(13-18(25)4)15-23(26)27/h5-12,16-18H,13-15H2,1-4H3,(H,26,27)/t17-,18+/m0/s1. The highest BCUT2D eigenvalue weighted by Crippen LogP contribution is 2.37. The maximum absolute atomic E-state index is 11.1. The third-order valence-electron chi connectivity index (χ3n) is 5.40. The Morgan fingerprint density at radius 3 is 2.39 bits per heavy atom. The van der Waals surface area contributed by atoms with E-state index in [1.165, 1.54) is 21.0 Å². The molecule has 4 nitrogen and oxygen atoms in total. The van der Waals surface area contributed by atoms with E-state index in [9.17, 15) is 4.79 Å². The number of hydrogen-bond acceptors (Lipinski definition) is 4. The van der Waals surface area contributed by atoms with Crippen LogP contribution in [0.4, 0.5) is 5.69 Å². The highest BCUT2D eigenvalue weighted by molar-refractivity contribution is 7.99. The quantitative estimate of drug-likeness (QED) is 0.746. The first kappa shape index (κ1) is 20.7. The second-order valence-electron chi connectivity index (χ2n) is 7.97. The molecule has 5 heteroatoms. The molecule has 2 aromatic carbocycles. The second-order valence-corrected chi connectivity index (χ2v) is 9.08. The Balaban J connectivity index is 1.79. The minimum Gasteiger partial charge on any atom is -0.480 e. The molecular formula is C23H30N2O2S. The van der Waals surface area contributed by atoms with Crippen LogP contribution in [0, 0.1) is 0 Å². The lowest BCUT2D eigenvalue weighted by Crippen LogP contribution is -2.57. The summed E-state index contributed by atoms with van der Waals surface area (Å²) >= 11 is 1.79. The number of anilines is 1. The van der Waals surface area contributed by atoms with E-state index in [1.807, 2.05) is 0 Å². The van der Waals surface area contributed by atoms with Crippen molar-refractivity contribution in [3.8, 4) is 0 Å². The van der Waals surface area contributed by atoms with E-state index in [2.05, 4.69) is 86.0 Å². The topological polar surface area (TPSA) is 43.8 Å². The van der Waals surface area contributed by atoms with Gasteiger partial charge in [0, 0.05) is 35.0 Å². The van der Waals surface area contributed by atoms with Crippen LogP contribution in [0.1, 0.15) is 39.2 Å². The zero-order chi connectivity index (χ0) is 20.3. The Morgan fingerprint density at radius 2 is 1.75 bits per heavy atom. The van der Waals surface area contributed by atoms with Crippen LogP contribution in [0.15, 0.2) is 58.3 Å². The van der Waals surface area contributed by atoms with E-state index in [4.69, 9.17) is 5.11 Å². The molecule has 1 saturated heterocycles. The van der Waals surface area contributed by atoms with Crippen molar-refractivity contribution in [3.05, 3.63) is 54.1 Å². The van der Waals surface area contributed by atoms with Gasteiger partial charge in [-0.15, -0.1) is 0 Å². The molecule has 2 atom stereocenters.